The Morgan fingerprint density at radius 3 is 2.30 bits per heavy atom. The highest BCUT2D eigenvalue weighted by Gasteiger charge is 2.12. The van der Waals surface area contributed by atoms with Gasteiger partial charge in [0.1, 0.15) is 16.8 Å². The number of hydrogen-bond acceptors (Lipinski definition) is 3. The van der Waals surface area contributed by atoms with E-state index in [1.807, 2.05) is 13.8 Å². The van der Waals surface area contributed by atoms with Crippen LogP contribution < -0.4 is 5.32 Å². The average Bonchev–Trinajstić information content (AvgIpc) is 2.40. The topological polar surface area (TPSA) is 37.8 Å². The Morgan fingerprint density at radius 2 is 1.65 bits per heavy atom. The highest BCUT2D eigenvalue weighted by Crippen LogP contribution is 2.34. The van der Waals surface area contributed by atoms with Crippen molar-refractivity contribution < 1.29 is 0 Å². The third-order valence-electron chi connectivity index (χ3n) is 2.71. The summed E-state index contributed by atoms with van der Waals surface area (Å²) in [6.07, 6.45) is 0.684. The van der Waals surface area contributed by atoms with Crippen LogP contribution in [0.5, 0.6) is 0 Å². The molecule has 1 heterocycles. The molecule has 0 aliphatic rings. The van der Waals surface area contributed by atoms with Gasteiger partial charge in [-0.3, -0.25) is 0 Å². The normalized spacial score (nSPS) is 10.7. The fourth-order valence-electron chi connectivity index (χ4n) is 1.56. The maximum atomic E-state index is 6.14. The lowest BCUT2D eigenvalue weighted by Crippen LogP contribution is -2.03. The van der Waals surface area contributed by atoms with E-state index in [1.54, 1.807) is 12.1 Å². The Hall–Kier alpha value is -0.740. The number of aryl methyl sites for hydroxylation is 1. The maximum Gasteiger partial charge on any atom is 0.138 e. The van der Waals surface area contributed by atoms with Gasteiger partial charge in [-0.05, 0) is 19.1 Å². The van der Waals surface area contributed by atoms with Crippen LogP contribution >= 0.6 is 46.4 Å². The molecule has 3 nitrogen and oxygen atoms in total. The molecule has 0 aliphatic carbocycles. The summed E-state index contributed by atoms with van der Waals surface area (Å²) in [5.41, 5.74) is 1.35. The van der Waals surface area contributed by atoms with Gasteiger partial charge in [-0.1, -0.05) is 53.3 Å². The second-order valence-electron chi connectivity index (χ2n) is 4.13. The van der Waals surface area contributed by atoms with Gasteiger partial charge in [0.25, 0.3) is 0 Å². The molecule has 1 N–H and O–H groups in total. The number of nitrogens with one attached hydrogen (secondary N) is 1. The predicted molar refractivity (Wildman–Crippen MR) is 85.9 cm³/mol. The molecule has 0 unspecified atom stereocenters. The summed E-state index contributed by atoms with van der Waals surface area (Å²) in [7, 11) is 0. The third-order valence-corrected chi connectivity index (χ3v) is 4.11. The quantitative estimate of drug-likeness (QED) is 0.569. The molecule has 2 aromatic rings. The van der Waals surface area contributed by atoms with Gasteiger partial charge in [-0.15, -0.1) is 0 Å². The third kappa shape index (κ3) is 3.29. The summed E-state index contributed by atoms with van der Waals surface area (Å²) in [5.74, 6) is 1.25. The van der Waals surface area contributed by atoms with E-state index in [0.717, 1.165) is 5.56 Å². The SMILES string of the molecule is CCc1nc(Cl)c(C)c(Nc2cc(Cl)c(Cl)cc2Cl)n1. The lowest BCUT2D eigenvalue weighted by Gasteiger charge is -2.13. The van der Waals surface area contributed by atoms with Gasteiger partial charge in [0.05, 0.1) is 20.8 Å². The molecule has 0 atom stereocenters. The Labute approximate surface area is 137 Å². The number of halogens is 4. The second kappa shape index (κ2) is 6.35. The molecule has 20 heavy (non-hydrogen) atoms. The lowest BCUT2D eigenvalue weighted by atomic mass is 10.2. The van der Waals surface area contributed by atoms with Gasteiger partial charge in [0.15, 0.2) is 0 Å². The molecule has 0 saturated carbocycles. The molecule has 0 amide bonds. The molecule has 0 radical (unpaired) electrons. The first-order valence-corrected chi connectivity index (χ1v) is 7.38. The van der Waals surface area contributed by atoms with Crippen LogP contribution in [0.4, 0.5) is 11.5 Å². The van der Waals surface area contributed by atoms with Crippen molar-refractivity contribution in [1.29, 1.82) is 0 Å². The molecule has 0 spiro atoms. The molecular formula is C13H11Cl4N3. The van der Waals surface area contributed by atoms with E-state index < -0.39 is 0 Å². The fourth-order valence-corrected chi connectivity index (χ4v) is 2.34. The standard InChI is InChI=1S/C13H11Cl4N3/c1-3-11-19-12(17)6(2)13(20-11)18-10-5-8(15)7(14)4-9(10)16/h4-5H,3H2,1-2H3,(H,18,19,20). The average molecular weight is 351 g/mol. The van der Waals surface area contributed by atoms with Crippen molar-refractivity contribution in [2.24, 2.45) is 0 Å². The Bertz CT molecular complexity index is 659. The van der Waals surface area contributed by atoms with Crippen LogP contribution in [0.15, 0.2) is 12.1 Å². The molecule has 0 fully saturated rings. The minimum Gasteiger partial charge on any atom is -0.339 e. The summed E-state index contributed by atoms with van der Waals surface area (Å²) in [4.78, 5) is 8.58. The van der Waals surface area contributed by atoms with Crippen LogP contribution in [0.2, 0.25) is 20.2 Å². The Morgan fingerprint density at radius 1 is 1.00 bits per heavy atom. The first-order chi connectivity index (χ1) is 9.42. The molecule has 0 bridgehead atoms. The van der Waals surface area contributed by atoms with E-state index in [1.165, 1.54) is 0 Å². The number of aromatic nitrogens is 2. The molecule has 0 saturated heterocycles. The van der Waals surface area contributed by atoms with Crippen molar-refractivity contribution in [2.45, 2.75) is 20.3 Å². The van der Waals surface area contributed by atoms with E-state index in [2.05, 4.69) is 15.3 Å². The van der Waals surface area contributed by atoms with Gasteiger partial charge in [-0.2, -0.15) is 0 Å². The minimum atomic E-state index is 0.397. The van der Waals surface area contributed by atoms with Crippen LogP contribution in [0.3, 0.4) is 0 Å². The van der Waals surface area contributed by atoms with E-state index in [9.17, 15) is 0 Å². The number of anilines is 2. The summed E-state index contributed by atoms with van der Waals surface area (Å²) < 4.78 is 0. The second-order valence-corrected chi connectivity index (χ2v) is 5.71. The maximum absolute atomic E-state index is 6.14. The van der Waals surface area contributed by atoms with Crippen LogP contribution in [0.25, 0.3) is 0 Å². The van der Waals surface area contributed by atoms with E-state index in [4.69, 9.17) is 46.4 Å². The van der Waals surface area contributed by atoms with Gasteiger partial charge in [0, 0.05) is 12.0 Å². The summed E-state index contributed by atoms with van der Waals surface area (Å²) >= 11 is 24.1. The molecule has 1 aromatic carbocycles. The zero-order valence-electron chi connectivity index (χ0n) is 10.8. The lowest BCUT2D eigenvalue weighted by molar-refractivity contribution is 0.934. The molecule has 0 aliphatic heterocycles. The molecule has 2 rings (SSSR count). The van der Waals surface area contributed by atoms with Crippen molar-refractivity contribution in [3.8, 4) is 0 Å². The van der Waals surface area contributed by atoms with Crippen molar-refractivity contribution in [1.82, 2.24) is 9.97 Å². The van der Waals surface area contributed by atoms with Gasteiger partial charge in [0.2, 0.25) is 0 Å². The zero-order valence-corrected chi connectivity index (χ0v) is 13.8. The van der Waals surface area contributed by atoms with Crippen LogP contribution in [-0.4, -0.2) is 9.97 Å². The largest absolute Gasteiger partial charge is 0.339 e. The minimum absolute atomic E-state index is 0.397. The molecular weight excluding hydrogens is 340 g/mol. The predicted octanol–water partition coefficient (Wildman–Crippen LogP) is 5.70. The molecule has 106 valence electrons. The van der Waals surface area contributed by atoms with Crippen molar-refractivity contribution in [3.63, 3.8) is 0 Å². The Kier molecular flexibility index (Phi) is 4.97. The van der Waals surface area contributed by atoms with Crippen molar-refractivity contribution in [2.75, 3.05) is 5.32 Å². The molecule has 7 heteroatoms. The van der Waals surface area contributed by atoms with E-state index in [0.29, 0.717) is 44.0 Å². The van der Waals surface area contributed by atoms with Crippen LogP contribution in [0.1, 0.15) is 18.3 Å². The fraction of sp³-hybridized carbons (Fsp3) is 0.231. The highest BCUT2D eigenvalue weighted by atomic mass is 35.5. The monoisotopic (exact) mass is 349 g/mol. The van der Waals surface area contributed by atoms with Gasteiger partial charge >= 0.3 is 0 Å². The highest BCUT2D eigenvalue weighted by molar-refractivity contribution is 6.44. The Balaban J connectivity index is 2.44. The van der Waals surface area contributed by atoms with Crippen LogP contribution in [0, 0.1) is 6.92 Å². The molecule has 1 aromatic heterocycles. The summed E-state index contributed by atoms with van der Waals surface area (Å²) in [6, 6.07) is 3.22. The first kappa shape index (κ1) is 15.6. The number of hydrogen-bond donors (Lipinski definition) is 1. The smallest absolute Gasteiger partial charge is 0.138 e. The number of rotatable bonds is 3. The summed E-state index contributed by atoms with van der Waals surface area (Å²) in [6.45, 7) is 3.78. The first-order valence-electron chi connectivity index (χ1n) is 5.87. The van der Waals surface area contributed by atoms with Crippen LogP contribution in [-0.2, 0) is 6.42 Å². The number of nitrogens with zero attached hydrogens (tertiary/aromatic N) is 2. The zero-order chi connectivity index (χ0) is 14.9. The number of benzene rings is 1. The van der Waals surface area contributed by atoms with Crippen molar-refractivity contribution in [3.05, 3.63) is 43.7 Å². The van der Waals surface area contributed by atoms with E-state index >= 15 is 0 Å². The van der Waals surface area contributed by atoms with Gasteiger partial charge in [-0.25, -0.2) is 9.97 Å². The van der Waals surface area contributed by atoms with Crippen molar-refractivity contribution >= 4 is 57.9 Å². The van der Waals surface area contributed by atoms with Gasteiger partial charge < -0.3 is 5.32 Å². The van der Waals surface area contributed by atoms with E-state index in [-0.39, 0.29) is 0 Å². The summed E-state index contributed by atoms with van der Waals surface area (Å²) in [5, 5.41) is 4.78.